The lowest BCUT2D eigenvalue weighted by Gasteiger charge is -1.97. The zero-order chi connectivity index (χ0) is 12.1. The summed E-state index contributed by atoms with van der Waals surface area (Å²) in [4.78, 5) is 4.22. The SMILES string of the molecule is CC=CC(=CC=CCCC)CCC=NCC. The minimum Gasteiger partial charge on any atom is -0.298 e. The molecule has 0 aliphatic heterocycles. The van der Waals surface area contributed by atoms with Crippen molar-refractivity contribution in [3.63, 3.8) is 0 Å². The van der Waals surface area contributed by atoms with Gasteiger partial charge >= 0.3 is 0 Å². The molecule has 0 aliphatic carbocycles. The van der Waals surface area contributed by atoms with Crippen LogP contribution in [0.4, 0.5) is 0 Å². The van der Waals surface area contributed by atoms with Gasteiger partial charge in [0.2, 0.25) is 0 Å². The molecule has 0 heterocycles. The van der Waals surface area contributed by atoms with Crippen molar-refractivity contribution in [3.8, 4) is 0 Å². The predicted octanol–water partition coefficient (Wildman–Crippen LogP) is 4.72. The number of unbranched alkanes of at least 4 members (excludes halogenated alkanes) is 1. The van der Waals surface area contributed by atoms with E-state index in [0.29, 0.717) is 0 Å². The van der Waals surface area contributed by atoms with Crippen LogP contribution < -0.4 is 0 Å². The molecule has 0 saturated heterocycles. The standard InChI is InChI=1S/C15H25N/c1-4-7-8-9-12-15(11-5-2)13-10-14-16-6-3/h5,8-9,11-12,14H,4,6-7,10,13H2,1-3H3. The molecule has 0 aromatic rings. The van der Waals surface area contributed by atoms with Crippen molar-refractivity contribution in [1.29, 1.82) is 0 Å². The highest BCUT2D eigenvalue weighted by molar-refractivity contribution is 5.57. The Hall–Kier alpha value is -1.11. The van der Waals surface area contributed by atoms with Gasteiger partial charge in [-0.25, -0.2) is 0 Å². The Balaban J connectivity index is 4.10. The fourth-order valence-electron chi connectivity index (χ4n) is 1.34. The van der Waals surface area contributed by atoms with E-state index in [0.717, 1.165) is 25.8 Å². The van der Waals surface area contributed by atoms with Crippen LogP contribution in [0.25, 0.3) is 0 Å². The van der Waals surface area contributed by atoms with E-state index in [4.69, 9.17) is 0 Å². The Morgan fingerprint density at radius 1 is 1.19 bits per heavy atom. The van der Waals surface area contributed by atoms with Crippen molar-refractivity contribution in [3.05, 3.63) is 36.0 Å². The second-order valence-electron chi connectivity index (χ2n) is 3.68. The predicted molar refractivity (Wildman–Crippen MR) is 75.2 cm³/mol. The number of hydrogen-bond acceptors (Lipinski definition) is 1. The second-order valence-corrected chi connectivity index (χ2v) is 3.68. The van der Waals surface area contributed by atoms with Crippen LogP contribution in [0.5, 0.6) is 0 Å². The molecule has 0 amide bonds. The number of allylic oxidation sites excluding steroid dienone is 6. The molecule has 0 bridgehead atoms. The molecule has 90 valence electrons. The third kappa shape index (κ3) is 9.45. The number of hydrogen-bond donors (Lipinski definition) is 0. The van der Waals surface area contributed by atoms with Gasteiger partial charge in [-0.1, -0.05) is 43.7 Å². The zero-order valence-corrected chi connectivity index (χ0v) is 10.9. The van der Waals surface area contributed by atoms with Crippen LogP contribution in [0.1, 0.15) is 46.5 Å². The third-order valence-electron chi connectivity index (χ3n) is 2.16. The minimum atomic E-state index is 0.888. The molecule has 0 aromatic carbocycles. The largest absolute Gasteiger partial charge is 0.298 e. The smallest absolute Gasteiger partial charge is 0.0357 e. The van der Waals surface area contributed by atoms with Crippen LogP contribution in [0, 0.1) is 0 Å². The summed E-state index contributed by atoms with van der Waals surface area (Å²) < 4.78 is 0. The van der Waals surface area contributed by atoms with Crippen LogP contribution in [0.15, 0.2) is 40.9 Å². The maximum Gasteiger partial charge on any atom is 0.0357 e. The van der Waals surface area contributed by atoms with E-state index in [1.807, 2.05) is 6.21 Å². The molecule has 1 heteroatoms. The molecule has 0 radical (unpaired) electrons. The Kier molecular flexibility index (Phi) is 11.1. The van der Waals surface area contributed by atoms with Crippen LogP contribution >= 0.6 is 0 Å². The summed E-state index contributed by atoms with van der Waals surface area (Å²) in [5, 5.41) is 0. The Bertz CT molecular complexity index is 257. The summed E-state index contributed by atoms with van der Waals surface area (Å²) in [6.45, 7) is 7.21. The van der Waals surface area contributed by atoms with Gasteiger partial charge in [0.15, 0.2) is 0 Å². The Morgan fingerprint density at radius 3 is 2.62 bits per heavy atom. The first kappa shape index (κ1) is 14.9. The molecular formula is C15H25N. The molecule has 0 fully saturated rings. The highest BCUT2D eigenvalue weighted by atomic mass is 14.7. The molecule has 0 aromatic heterocycles. The molecular weight excluding hydrogens is 194 g/mol. The molecule has 0 unspecified atom stereocenters. The summed E-state index contributed by atoms with van der Waals surface area (Å²) in [7, 11) is 0. The van der Waals surface area contributed by atoms with E-state index in [1.54, 1.807) is 0 Å². The summed E-state index contributed by atoms with van der Waals surface area (Å²) in [5.41, 5.74) is 1.37. The minimum absolute atomic E-state index is 0.888. The van der Waals surface area contributed by atoms with Crippen molar-refractivity contribution in [2.45, 2.75) is 46.5 Å². The quantitative estimate of drug-likeness (QED) is 0.414. The van der Waals surface area contributed by atoms with Crippen molar-refractivity contribution in [2.24, 2.45) is 4.99 Å². The van der Waals surface area contributed by atoms with Gasteiger partial charge in [0.05, 0.1) is 0 Å². The van der Waals surface area contributed by atoms with E-state index in [2.05, 4.69) is 56.1 Å². The van der Waals surface area contributed by atoms with Crippen molar-refractivity contribution in [2.75, 3.05) is 6.54 Å². The van der Waals surface area contributed by atoms with Gasteiger partial charge in [-0.15, -0.1) is 0 Å². The molecule has 0 spiro atoms. The van der Waals surface area contributed by atoms with Crippen LogP contribution in [-0.4, -0.2) is 12.8 Å². The molecule has 0 rings (SSSR count). The molecule has 0 saturated carbocycles. The number of nitrogens with zero attached hydrogens (tertiary/aromatic N) is 1. The molecule has 0 atom stereocenters. The lowest BCUT2D eigenvalue weighted by Crippen LogP contribution is -1.82. The first-order valence-electron chi connectivity index (χ1n) is 6.31. The Morgan fingerprint density at radius 2 is 2.00 bits per heavy atom. The van der Waals surface area contributed by atoms with Gasteiger partial charge in [0, 0.05) is 6.54 Å². The normalized spacial score (nSPS) is 13.6. The van der Waals surface area contributed by atoms with Gasteiger partial charge in [-0.3, -0.25) is 4.99 Å². The second kappa shape index (κ2) is 12.0. The van der Waals surface area contributed by atoms with E-state index in [9.17, 15) is 0 Å². The summed E-state index contributed by atoms with van der Waals surface area (Å²) in [5.74, 6) is 0. The Labute approximate surface area is 101 Å². The van der Waals surface area contributed by atoms with Gasteiger partial charge < -0.3 is 0 Å². The van der Waals surface area contributed by atoms with Gasteiger partial charge in [-0.05, 0) is 44.9 Å². The average molecular weight is 219 g/mol. The summed E-state index contributed by atoms with van der Waals surface area (Å²) in [6.07, 6.45) is 17.4. The molecule has 0 N–H and O–H groups in total. The summed E-state index contributed by atoms with van der Waals surface area (Å²) in [6, 6.07) is 0. The maximum atomic E-state index is 4.22. The lowest BCUT2D eigenvalue weighted by atomic mass is 10.1. The zero-order valence-electron chi connectivity index (χ0n) is 10.9. The fraction of sp³-hybridized carbons (Fsp3) is 0.533. The lowest BCUT2D eigenvalue weighted by molar-refractivity contribution is 0.958. The highest BCUT2D eigenvalue weighted by Crippen LogP contribution is 2.06. The summed E-state index contributed by atoms with van der Waals surface area (Å²) >= 11 is 0. The van der Waals surface area contributed by atoms with E-state index in [-0.39, 0.29) is 0 Å². The maximum absolute atomic E-state index is 4.22. The molecule has 1 nitrogen and oxygen atoms in total. The van der Waals surface area contributed by atoms with Gasteiger partial charge in [-0.2, -0.15) is 0 Å². The topological polar surface area (TPSA) is 12.4 Å². The van der Waals surface area contributed by atoms with Crippen LogP contribution in [-0.2, 0) is 0 Å². The number of rotatable bonds is 8. The van der Waals surface area contributed by atoms with Crippen LogP contribution in [0.3, 0.4) is 0 Å². The van der Waals surface area contributed by atoms with Crippen molar-refractivity contribution < 1.29 is 0 Å². The monoisotopic (exact) mass is 219 g/mol. The van der Waals surface area contributed by atoms with E-state index >= 15 is 0 Å². The first-order valence-corrected chi connectivity index (χ1v) is 6.31. The molecule has 0 aliphatic rings. The van der Waals surface area contributed by atoms with Crippen LogP contribution in [0.2, 0.25) is 0 Å². The molecule has 16 heavy (non-hydrogen) atoms. The van der Waals surface area contributed by atoms with Crippen molar-refractivity contribution >= 4 is 6.21 Å². The average Bonchev–Trinajstić information content (AvgIpc) is 2.30. The first-order chi connectivity index (χ1) is 7.85. The van der Waals surface area contributed by atoms with E-state index in [1.165, 1.54) is 12.0 Å². The third-order valence-corrected chi connectivity index (χ3v) is 2.16. The number of aliphatic imine (C=N–C) groups is 1. The van der Waals surface area contributed by atoms with E-state index < -0.39 is 0 Å². The van der Waals surface area contributed by atoms with Gasteiger partial charge in [0.1, 0.15) is 0 Å². The highest BCUT2D eigenvalue weighted by Gasteiger charge is 1.89. The van der Waals surface area contributed by atoms with Crippen molar-refractivity contribution in [1.82, 2.24) is 0 Å². The van der Waals surface area contributed by atoms with Gasteiger partial charge in [0.25, 0.3) is 0 Å². The fourth-order valence-corrected chi connectivity index (χ4v) is 1.34.